The van der Waals surface area contributed by atoms with E-state index in [2.05, 4.69) is 31.2 Å². The summed E-state index contributed by atoms with van der Waals surface area (Å²) < 4.78 is 0. The van der Waals surface area contributed by atoms with E-state index >= 15 is 0 Å². The van der Waals surface area contributed by atoms with Crippen LogP contribution in [-0.2, 0) is 6.42 Å². The number of rotatable bonds is 5. The highest BCUT2D eigenvalue weighted by Crippen LogP contribution is 2.34. The first kappa shape index (κ1) is 10.7. The second kappa shape index (κ2) is 4.80. The summed E-state index contributed by atoms with van der Waals surface area (Å²) in [6.07, 6.45) is 5.63. The highest BCUT2D eigenvalue weighted by molar-refractivity contribution is 5.22. The predicted molar refractivity (Wildman–Crippen MR) is 62.8 cm³/mol. The van der Waals surface area contributed by atoms with Crippen LogP contribution in [0.3, 0.4) is 0 Å². The summed E-state index contributed by atoms with van der Waals surface area (Å²) in [5.74, 6) is 0.928. The van der Waals surface area contributed by atoms with E-state index in [1.54, 1.807) is 0 Å². The fourth-order valence-corrected chi connectivity index (χ4v) is 2.05. The molecule has 1 aromatic carbocycles. The van der Waals surface area contributed by atoms with Crippen LogP contribution < -0.4 is 0 Å². The fourth-order valence-electron chi connectivity index (χ4n) is 2.05. The van der Waals surface area contributed by atoms with Crippen molar-refractivity contribution in [3.63, 3.8) is 0 Å². The molecule has 82 valence electrons. The topological polar surface area (TPSA) is 20.2 Å². The normalized spacial score (nSPS) is 17.7. The standard InChI is InChI=1S/C14H20O/c1-11-3-2-4-13(9-11)10-14(15)8-7-12-5-6-12/h2-4,9,12,14-15H,5-8,10H2,1H3. The zero-order chi connectivity index (χ0) is 10.7. The number of hydrogen-bond acceptors (Lipinski definition) is 1. The smallest absolute Gasteiger partial charge is 0.0580 e. The average molecular weight is 204 g/mol. The first-order valence-electron chi connectivity index (χ1n) is 5.97. The Morgan fingerprint density at radius 3 is 2.87 bits per heavy atom. The Hall–Kier alpha value is -0.820. The van der Waals surface area contributed by atoms with Gasteiger partial charge in [-0.1, -0.05) is 42.7 Å². The minimum atomic E-state index is -0.146. The molecule has 0 aliphatic heterocycles. The van der Waals surface area contributed by atoms with E-state index in [-0.39, 0.29) is 6.10 Å². The molecule has 0 amide bonds. The van der Waals surface area contributed by atoms with Gasteiger partial charge in [-0.15, -0.1) is 0 Å². The molecule has 0 aromatic heterocycles. The van der Waals surface area contributed by atoms with Gasteiger partial charge in [0.05, 0.1) is 6.10 Å². The van der Waals surface area contributed by atoms with Gasteiger partial charge in [0.15, 0.2) is 0 Å². The highest BCUT2D eigenvalue weighted by atomic mass is 16.3. The van der Waals surface area contributed by atoms with E-state index in [1.165, 1.54) is 30.4 Å². The van der Waals surface area contributed by atoms with Crippen LogP contribution in [0.5, 0.6) is 0 Å². The zero-order valence-corrected chi connectivity index (χ0v) is 9.45. The Bertz CT molecular complexity index is 315. The van der Waals surface area contributed by atoms with Gasteiger partial charge in [0, 0.05) is 0 Å². The fraction of sp³-hybridized carbons (Fsp3) is 0.571. The second-order valence-corrected chi connectivity index (χ2v) is 4.87. The van der Waals surface area contributed by atoms with Gasteiger partial charge in [0.1, 0.15) is 0 Å². The summed E-state index contributed by atoms with van der Waals surface area (Å²) in [7, 11) is 0. The van der Waals surface area contributed by atoms with Crippen LogP contribution in [0.15, 0.2) is 24.3 Å². The molecule has 1 nitrogen and oxygen atoms in total. The van der Waals surface area contributed by atoms with Crippen molar-refractivity contribution in [2.75, 3.05) is 0 Å². The summed E-state index contributed by atoms with van der Waals surface area (Å²) in [6, 6.07) is 8.44. The Morgan fingerprint density at radius 2 is 2.20 bits per heavy atom. The lowest BCUT2D eigenvalue weighted by molar-refractivity contribution is 0.160. The maximum Gasteiger partial charge on any atom is 0.0580 e. The Labute approximate surface area is 92.1 Å². The summed E-state index contributed by atoms with van der Waals surface area (Å²) >= 11 is 0. The van der Waals surface area contributed by atoms with Crippen LogP contribution in [0.25, 0.3) is 0 Å². The molecule has 0 spiro atoms. The molecule has 1 fully saturated rings. The van der Waals surface area contributed by atoms with Crippen molar-refractivity contribution in [2.24, 2.45) is 5.92 Å². The number of benzene rings is 1. The van der Waals surface area contributed by atoms with Crippen molar-refractivity contribution in [2.45, 2.75) is 45.1 Å². The number of aliphatic hydroxyl groups excluding tert-OH is 1. The van der Waals surface area contributed by atoms with Crippen LogP contribution in [0.4, 0.5) is 0 Å². The van der Waals surface area contributed by atoms with E-state index in [1.807, 2.05) is 0 Å². The van der Waals surface area contributed by atoms with Gasteiger partial charge in [-0.05, 0) is 37.7 Å². The lowest BCUT2D eigenvalue weighted by Crippen LogP contribution is -2.10. The van der Waals surface area contributed by atoms with E-state index in [0.717, 1.165) is 18.8 Å². The molecule has 2 rings (SSSR count). The van der Waals surface area contributed by atoms with Crippen LogP contribution in [0, 0.1) is 12.8 Å². The predicted octanol–water partition coefficient (Wildman–Crippen LogP) is 3.09. The van der Waals surface area contributed by atoms with Gasteiger partial charge in [-0.2, -0.15) is 0 Å². The maximum absolute atomic E-state index is 9.87. The number of aryl methyl sites for hydroxylation is 1. The minimum absolute atomic E-state index is 0.146. The third-order valence-corrected chi connectivity index (χ3v) is 3.16. The molecule has 1 heteroatoms. The van der Waals surface area contributed by atoms with Crippen LogP contribution in [-0.4, -0.2) is 11.2 Å². The van der Waals surface area contributed by atoms with E-state index in [4.69, 9.17) is 0 Å². The third kappa shape index (κ3) is 3.67. The zero-order valence-electron chi connectivity index (χ0n) is 9.45. The molecule has 1 aliphatic carbocycles. The third-order valence-electron chi connectivity index (χ3n) is 3.16. The maximum atomic E-state index is 9.87. The summed E-state index contributed by atoms with van der Waals surface area (Å²) in [4.78, 5) is 0. The molecular formula is C14H20O. The molecule has 1 saturated carbocycles. The largest absolute Gasteiger partial charge is 0.393 e. The van der Waals surface area contributed by atoms with Gasteiger partial charge in [-0.3, -0.25) is 0 Å². The molecule has 1 aliphatic rings. The van der Waals surface area contributed by atoms with Crippen molar-refractivity contribution in [1.29, 1.82) is 0 Å². The van der Waals surface area contributed by atoms with Gasteiger partial charge < -0.3 is 5.11 Å². The van der Waals surface area contributed by atoms with Crippen molar-refractivity contribution < 1.29 is 5.11 Å². The Kier molecular flexibility index (Phi) is 3.42. The van der Waals surface area contributed by atoms with Crippen molar-refractivity contribution in [1.82, 2.24) is 0 Å². The van der Waals surface area contributed by atoms with E-state index in [0.29, 0.717) is 0 Å². The molecule has 1 atom stereocenters. The summed E-state index contributed by atoms with van der Waals surface area (Å²) in [5, 5.41) is 9.87. The Balaban J connectivity index is 1.79. The molecule has 0 radical (unpaired) electrons. The SMILES string of the molecule is Cc1cccc(CC(O)CCC2CC2)c1. The van der Waals surface area contributed by atoms with Crippen LogP contribution in [0.2, 0.25) is 0 Å². The molecular weight excluding hydrogens is 184 g/mol. The van der Waals surface area contributed by atoms with Gasteiger partial charge in [-0.25, -0.2) is 0 Å². The van der Waals surface area contributed by atoms with Gasteiger partial charge >= 0.3 is 0 Å². The van der Waals surface area contributed by atoms with Crippen molar-refractivity contribution >= 4 is 0 Å². The lowest BCUT2D eigenvalue weighted by atomic mass is 10.0. The monoisotopic (exact) mass is 204 g/mol. The van der Waals surface area contributed by atoms with Crippen LogP contribution >= 0.6 is 0 Å². The summed E-state index contributed by atoms with van der Waals surface area (Å²) in [5.41, 5.74) is 2.54. The highest BCUT2D eigenvalue weighted by Gasteiger charge is 2.21. The summed E-state index contributed by atoms with van der Waals surface area (Å²) in [6.45, 7) is 2.10. The molecule has 0 saturated heterocycles. The Morgan fingerprint density at radius 1 is 1.40 bits per heavy atom. The van der Waals surface area contributed by atoms with Gasteiger partial charge in [0.25, 0.3) is 0 Å². The molecule has 0 heterocycles. The van der Waals surface area contributed by atoms with Crippen molar-refractivity contribution in [3.8, 4) is 0 Å². The first-order valence-corrected chi connectivity index (χ1v) is 5.97. The lowest BCUT2D eigenvalue weighted by Gasteiger charge is -2.10. The van der Waals surface area contributed by atoms with E-state index < -0.39 is 0 Å². The molecule has 1 unspecified atom stereocenters. The molecule has 1 N–H and O–H groups in total. The quantitative estimate of drug-likeness (QED) is 0.781. The minimum Gasteiger partial charge on any atom is -0.393 e. The first-order chi connectivity index (χ1) is 7.24. The number of aliphatic hydroxyl groups is 1. The second-order valence-electron chi connectivity index (χ2n) is 4.87. The molecule has 1 aromatic rings. The molecule has 15 heavy (non-hydrogen) atoms. The average Bonchev–Trinajstić information content (AvgIpc) is 2.98. The molecule has 0 bridgehead atoms. The van der Waals surface area contributed by atoms with E-state index in [9.17, 15) is 5.11 Å². The van der Waals surface area contributed by atoms with Crippen LogP contribution in [0.1, 0.15) is 36.8 Å². The van der Waals surface area contributed by atoms with Gasteiger partial charge in [0.2, 0.25) is 0 Å². The number of hydrogen-bond donors (Lipinski definition) is 1. The van der Waals surface area contributed by atoms with Crippen molar-refractivity contribution in [3.05, 3.63) is 35.4 Å².